The van der Waals surface area contributed by atoms with Crippen LogP contribution >= 0.6 is 0 Å². The highest BCUT2D eigenvalue weighted by Crippen LogP contribution is 2.53. The number of hydrogen-bond donors (Lipinski definition) is 1. The second-order valence-electron chi connectivity index (χ2n) is 3.75. The van der Waals surface area contributed by atoms with Crippen LogP contribution in [0.15, 0.2) is 0 Å². The van der Waals surface area contributed by atoms with Gasteiger partial charge in [0.15, 0.2) is 0 Å². The Morgan fingerprint density at radius 2 is 2.25 bits per heavy atom. The lowest BCUT2D eigenvalue weighted by atomic mass is 9.63. The number of methoxy groups -OCH3 is 1. The molecule has 2 saturated heterocycles. The van der Waals surface area contributed by atoms with Crippen molar-refractivity contribution in [2.24, 2.45) is 5.41 Å². The first-order chi connectivity index (χ1) is 5.66. The molecule has 12 heavy (non-hydrogen) atoms. The second kappa shape index (κ2) is 2.07. The highest BCUT2D eigenvalue weighted by atomic mass is 16.5. The monoisotopic (exact) mass is 169 g/mol. The minimum atomic E-state index is -0.409. The van der Waals surface area contributed by atoms with Crippen molar-refractivity contribution in [1.29, 1.82) is 0 Å². The van der Waals surface area contributed by atoms with Crippen molar-refractivity contribution in [3.05, 3.63) is 0 Å². The molecule has 0 atom stereocenters. The van der Waals surface area contributed by atoms with Crippen LogP contribution in [0.1, 0.15) is 12.8 Å². The molecule has 0 spiro atoms. The molecule has 0 aromatic heterocycles. The molecule has 0 aromatic carbocycles. The summed E-state index contributed by atoms with van der Waals surface area (Å²) in [4.78, 5) is 21.9. The maximum absolute atomic E-state index is 11.3. The summed E-state index contributed by atoms with van der Waals surface area (Å²) in [5.41, 5.74) is -0.802. The first-order valence-corrected chi connectivity index (χ1v) is 3.96. The Bertz CT molecular complexity index is 243. The molecule has 3 rings (SSSR count). The molecule has 4 nitrogen and oxygen atoms in total. The Hall–Kier alpha value is -0.900. The molecular weight excluding hydrogens is 158 g/mol. The summed E-state index contributed by atoms with van der Waals surface area (Å²) in [6.45, 7) is 0.582. The van der Waals surface area contributed by atoms with Gasteiger partial charge in [0, 0.05) is 6.54 Å². The first-order valence-electron chi connectivity index (χ1n) is 3.96. The molecule has 2 heterocycles. The normalized spacial score (nSPS) is 43.4. The quantitative estimate of drug-likeness (QED) is 0.446. The van der Waals surface area contributed by atoms with Gasteiger partial charge < -0.3 is 14.8 Å². The van der Waals surface area contributed by atoms with Gasteiger partial charge in [0.05, 0.1) is 18.1 Å². The molecule has 1 saturated carbocycles. The zero-order chi connectivity index (χ0) is 8.82. The van der Waals surface area contributed by atoms with Crippen LogP contribution < -0.4 is 5.32 Å². The molecule has 0 amide bonds. The zero-order valence-corrected chi connectivity index (χ0v) is 6.92. The van der Waals surface area contributed by atoms with Gasteiger partial charge in [-0.15, -0.1) is 0 Å². The van der Waals surface area contributed by atoms with E-state index in [9.17, 15) is 9.59 Å². The standard InChI is InChI=1S/C8H11NO3/c1-12-6(11)7-2-8(3-7,5-10)9-4-7/h5,9H,2-4H2,1H3. The number of ether oxygens (including phenoxy) is 1. The minimum absolute atomic E-state index is 0.190. The van der Waals surface area contributed by atoms with E-state index in [-0.39, 0.29) is 5.97 Å². The molecule has 0 radical (unpaired) electrons. The average molecular weight is 169 g/mol. The number of hydrogen-bond acceptors (Lipinski definition) is 4. The van der Waals surface area contributed by atoms with Crippen molar-refractivity contribution >= 4 is 12.3 Å². The number of rotatable bonds is 2. The maximum Gasteiger partial charge on any atom is 0.313 e. The van der Waals surface area contributed by atoms with E-state index in [4.69, 9.17) is 0 Å². The third kappa shape index (κ3) is 0.705. The third-order valence-corrected chi connectivity index (χ3v) is 2.93. The Kier molecular flexibility index (Phi) is 1.33. The van der Waals surface area contributed by atoms with Gasteiger partial charge in [0.25, 0.3) is 0 Å². The summed E-state index contributed by atoms with van der Waals surface area (Å²) >= 11 is 0. The first kappa shape index (κ1) is 7.73. The number of nitrogens with one attached hydrogen (secondary N) is 1. The van der Waals surface area contributed by atoms with Crippen molar-refractivity contribution in [2.75, 3.05) is 13.7 Å². The van der Waals surface area contributed by atoms with Crippen LogP contribution in [0.3, 0.4) is 0 Å². The van der Waals surface area contributed by atoms with Gasteiger partial charge in [-0.1, -0.05) is 0 Å². The summed E-state index contributed by atoms with van der Waals surface area (Å²) < 4.78 is 4.67. The lowest BCUT2D eigenvalue weighted by molar-refractivity contribution is -0.157. The van der Waals surface area contributed by atoms with Gasteiger partial charge in [-0.05, 0) is 12.8 Å². The number of aldehydes is 1. The molecule has 66 valence electrons. The highest BCUT2D eigenvalue weighted by Gasteiger charge is 2.65. The molecule has 3 fully saturated rings. The number of fused-ring (bicyclic) bond motifs is 1. The van der Waals surface area contributed by atoms with Crippen LogP contribution in [-0.2, 0) is 14.3 Å². The highest BCUT2D eigenvalue weighted by molar-refractivity contribution is 5.85. The molecule has 0 unspecified atom stereocenters. The van der Waals surface area contributed by atoms with Crippen molar-refractivity contribution in [1.82, 2.24) is 5.32 Å². The summed E-state index contributed by atoms with van der Waals surface area (Å²) in [6.07, 6.45) is 2.12. The van der Waals surface area contributed by atoms with Crippen LogP contribution in [0.5, 0.6) is 0 Å². The predicted octanol–water partition coefficient (Wildman–Crippen LogP) is -0.520. The van der Waals surface area contributed by atoms with E-state index in [1.165, 1.54) is 7.11 Å². The molecule has 4 heteroatoms. The number of carbonyl (C=O) groups is 2. The molecule has 2 bridgehead atoms. The Balaban J connectivity index is 2.14. The molecule has 2 aliphatic heterocycles. The Morgan fingerprint density at radius 1 is 1.58 bits per heavy atom. The Labute approximate surface area is 70.3 Å². The Morgan fingerprint density at radius 3 is 2.67 bits per heavy atom. The van der Waals surface area contributed by atoms with Crippen molar-refractivity contribution in [3.63, 3.8) is 0 Å². The fraction of sp³-hybridized carbons (Fsp3) is 0.750. The van der Waals surface area contributed by atoms with Gasteiger partial charge in [0.1, 0.15) is 6.29 Å². The van der Waals surface area contributed by atoms with Crippen LogP contribution in [0.4, 0.5) is 0 Å². The molecule has 1 aliphatic carbocycles. The van der Waals surface area contributed by atoms with Crippen LogP contribution in [0.2, 0.25) is 0 Å². The number of esters is 1. The van der Waals surface area contributed by atoms with Crippen LogP contribution in [-0.4, -0.2) is 31.4 Å². The van der Waals surface area contributed by atoms with E-state index in [0.717, 1.165) is 6.29 Å². The van der Waals surface area contributed by atoms with E-state index >= 15 is 0 Å². The maximum atomic E-state index is 11.3. The van der Waals surface area contributed by atoms with E-state index in [0.29, 0.717) is 19.4 Å². The van der Waals surface area contributed by atoms with Crippen LogP contribution in [0, 0.1) is 5.41 Å². The van der Waals surface area contributed by atoms with Crippen molar-refractivity contribution in [3.8, 4) is 0 Å². The third-order valence-electron chi connectivity index (χ3n) is 2.93. The molecular formula is C8H11NO3. The van der Waals surface area contributed by atoms with E-state index in [1.807, 2.05) is 0 Å². The van der Waals surface area contributed by atoms with Gasteiger partial charge in [-0.25, -0.2) is 0 Å². The lowest BCUT2D eigenvalue weighted by Gasteiger charge is -2.40. The summed E-state index contributed by atoms with van der Waals surface area (Å²) in [7, 11) is 1.39. The van der Waals surface area contributed by atoms with Gasteiger partial charge in [-0.2, -0.15) is 0 Å². The largest absolute Gasteiger partial charge is 0.469 e. The van der Waals surface area contributed by atoms with E-state index in [2.05, 4.69) is 10.1 Å². The molecule has 3 aliphatic rings. The predicted molar refractivity (Wildman–Crippen MR) is 40.5 cm³/mol. The molecule has 1 N–H and O–H groups in total. The topological polar surface area (TPSA) is 55.4 Å². The zero-order valence-electron chi connectivity index (χ0n) is 6.92. The summed E-state index contributed by atoms with van der Waals surface area (Å²) in [6, 6.07) is 0. The number of carbonyl (C=O) groups excluding carboxylic acids is 2. The lowest BCUT2D eigenvalue weighted by Crippen LogP contribution is -2.52. The SMILES string of the molecule is COC(=O)C12CNC(C=O)(C1)C2. The smallest absolute Gasteiger partial charge is 0.313 e. The van der Waals surface area contributed by atoms with Gasteiger partial charge in [-0.3, -0.25) is 4.79 Å². The van der Waals surface area contributed by atoms with Gasteiger partial charge in [0.2, 0.25) is 0 Å². The average Bonchev–Trinajstić information content (AvgIpc) is 2.57. The van der Waals surface area contributed by atoms with Crippen molar-refractivity contribution < 1.29 is 14.3 Å². The minimum Gasteiger partial charge on any atom is -0.469 e. The summed E-state index contributed by atoms with van der Waals surface area (Å²) in [5.74, 6) is -0.190. The fourth-order valence-electron chi connectivity index (χ4n) is 2.31. The van der Waals surface area contributed by atoms with E-state index in [1.54, 1.807) is 0 Å². The van der Waals surface area contributed by atoms with E-state index < -0.39 is 11.0 Å². The van der Waals surface area contributed by atoms with Crippen molar-refractivity contribution in [2.45, 2.75) is 18.4 Å². The second-order valence-corrected chi connectivity index (χ2v) is 3.75. The fourth-order valence-corrected chi connectivity index (χ4v) is 2.31. The molecule has 0 aromatic rings. The van der Waals surface area contributed by atoms with Crippen LogP contribution in [0.25, 0.3) is 0 Å². The van der Waals surface area contributed by atoms with Gasteiger partial charge >= 0.3 is 5.97 Å². The summed E-state index contributed by atoms with van der Waals surface area (Å²) in [5, 5.41) is 3.04.